The molecule has 0 aliphatic carbocycles. The first-order chi connectivity index (χ1) is 11.7. The average Bonchev–Trinajstić information content (AvgIpc) is 2.62. The van der Waals surface area contributed by atoms with Gasteiger partial charge in [-0.2, -0.15) is 4.52 Å². The SMILES string of the molecule is O=c1[nH]c(SCc2ccccc2)nn2c(=O)c3ccccc3nc12. The van der Waals surface area contributed by atoms with Crippen LogP contribution in [0.2, 0.25) is 0 Å². The van der Waals surface area contributed by atoms with E-state index in [-0.39, 0.29) is 11.2 Å². The van der Waals surface area contributed by atoms with E-state index in [4.69, 9.17) is 0 Å². The normalized spacial score (nSPS) is 11.2. The van der Waals surface area contributed by atoms with E-state index in [0.717, 1.165) is 10.1 Å². The number of aromatic amines is 1. The Morgan fingerprint density at radius 2 is 1.75 bits per heavy atom. The van der Waals surface area contributed by atoms with Gasteiger partial charge in [0.1, 0.15) is 0 Å². The number of thioether (sulfide) groups is 1. The van der Waals surface area contributed by atoms with Crippen molar-refractivity contribution in [1.82, 2.24) is 19.6 Å². The van der Waals surface area contributed by atoms with Gasteiger partial charge >= 0.3 is 0 Å². The van der Waals surface area contributed by atoms with Crippen LogP contribution < -0.4 is 11.1 Å². The van der Waals surface area contributed by atoms with Crippen LogP contribution in [0.5, 0.6) is 0 Å². The third kappa shape index (κ3) is 2.59. The van der Waals surface area contributed by atoms with Crippen LogP contribution in [0.3, 0.4) is 0 Å². The Kier molecular flexibility index (Phi) is 3.62. The second-order valence-corrected chi connectivity index (χ2v) is 6.17. The molecule has 0 radical (unpaired) electrons. The van der Waals surface area contributed by atoms with Crippen molar-refractivity contribution in [3.05, 3.63) is 80.9 Å². The first-order valence-electron chi connectivity index (χ1n) is 7.31. The number of benzene rings is 2. The quantitative estimate of drug-likeness (QED) is 0.458. The molecule has 4 aromatic rings. The molecule has 0 aliphatic rings. The molecule has 0 spiro atoms. The van der Waals surface area contributed by atoms with Crippen LogP contribution in [0, 0.1) is 0 Å². The molecule has 0 bridgehead atoms. The monoisotopic (exact) mass is 336 g/mol. The Hall–Kier alpha value is -2.93. The summed E-state index contributed by atoms with van der Waals surface area (Å²) in [7, 11) is 0. The molecule has 0 saturated heterocycles. The van der Waals surface area contributed by atoms with Gasteiger partial charge in [-0.3, -0.25) is 14.6 Å². The number of para-hydroxylation sites is 1. The number of hydrogen-bond donors (Lipinski definition) is 1. The number of fused-ring (bicyclic) bond motifs is 2. The van der Waals surface area contributed by atoms with E-state index in [0.29, 0.717) is 21.8 Å². The van der Waals surface area contributed by atoms with Crippen LogP contribution in [-0.2, 0) is 5.75 Å². The number of nitrogens with one attached hydrogen (secondary N) is 1. The summed E-state index contributed by atoms with van der Waals surface area (Å²) in [4.78, 5) is 31.8. The smallest absolute Gasteiger partial charge is 0.295 e. The number of nitrogens with zero attached hydrogens (tertiary/aromatic N) is 3. The highest BCUT2D eigenvalue weighted by Crippen LogP contribution is 2.17. The zero-order chi connectivity index (χ0) is 16.5. The van der Waals surface area contributed by atoms with Gasteiger partial charge in [0.2, 0.25) is 5.65 Å². The zero-order valence-corrected chi connectivity index (χ0v) is 13.3. The lowest BCUT2D eigenvalue weighted by atomic mass is 10.2. The largest absolute Gasteiger partial charge is 0.297 e. The van der Waals surface area contributed by atoms with Gasteiger partial charge < -0.3 is 0 Å². The summed E-state index contributed by atoms with van der Waals surface area (Å²) in [5.74, 6) is 0.644. The van der Waals surface area contributed by atoms with Gasteiger partial charge in [-0.15, -0.1) is 5.10 Å². The minimum absolute atomic E-state index is 0.00256. The number of aromatic nitrogens is 4. The summed E-state index contributed by atoms with van der Waals surface area (Å²) in [5.41, 5.74) is 0.822. The summed E-state index contributed by atoms with van der Waals surface area (Å²) in [5, 5.41) is 5.07. The Labute approximate surface area is 140 Å². The van der Waals surface area contributed by atoms with Gasteiger partial charge in [-0.25, -0.2) is 4.98 Å². The van der Waals surface area contributed by atoms with Crippen LogP contribution in [0.25, 0.3) is 16.6 Å². The topological polar surface area (TPSA) is 80.1 Å². The molecule has 0 unspecified atom stereocenters. The van der Waals surface area contributed by atoms with Gasteiger partial charge in [0.15, 0.2) is 5.16 Å². The van der Waals surface area contributed by atoms with Crippen molar-refractivity contribution in [2.45, 2.75) is 10.9 Å². The van der Waals surface area contributed by atoms with Crippen LogP contribution in [0.15, 0.2) is 69.3 Å². The lowest BCUT2D eigenvalue weighted by Crippen LogP contribution is -2.26. The summed E-state index contributed by atoms with van der Waals surface area (Å²) >= 11 is 1.36. The molecule has 4 rings (SSSR count). The van der Waals surface area contributed by atoms with Crippen molar-refractivity contribution >= 4 is 28.3 Å². The summed E-state index contributed by atoms with van der Waals surface area (Å²) < 4.78 is 1.08. The van der Waals surface area contributed by atoms with Crippen molar-refractivity contribution < 1.29 is 0 Å². The molecule has 0 atom stereocenters. The predicted octanol–water partition coefficient (Wildman–Crippen LogP) is 2.22. The molecule has 1 N–H and O–H groups in total. The van der Waals surface area contributed by atoms with Crippen molar-refractivity contribution in [1.29, 1.82) is 0 Å². The van der Waals surface area contributed by atoms with Crippen molar-refractivity contribution in [2.75, 3.05) is 0 Å². The standard InChI is InChI=1S/C17H12N4O2S/c22-15-14-18-13-9-5-4-8-12(13)16(23)21(14)20-17(19-15)24-10-11-6-2-1-3-7-11/h1-9H,10H2,(H,19,20,22). The zero-order valence-electron chi connectivity index (χ0n) is 12.5. The maximum absolute atomic E-state index is 12.6. The van der Waals surface area contributed by atoms with Crippen LogP contribution in [0.4, 0.5) is 0 Å². The maximum Gasteiger partial charge on any atom is 0.295 e. The van der Waals surface area contributed by atoms with Crippen LogP contribution >= 0.6 is 11.8 Å². The highest BCUT2D eigenvalue weighted by molar-refractivity contribution is 7.98. The molecular formula is C17H12N4O2S. The average molecular weight is 336 g/mol. The second-order valence-electron chi connectivity index (χ2n) is 5.20. The Morgan fingerprint density at radius 3 is 2.58 bits per heavy atom. The van der Waals surface area contributed by atoms with E-state index >= 15 is 0 Å². The third-order valence-electron chi connectivity index (χ3n) is 3.59. The maximum atomic E-state index is 12.6. The third-order valence-corrected chi connectivity index (χ3v) is 4.52. The number of rotatable bonds is 3. The fourth-order valence-electron chi connectivity index (χ4n) is 2.42. The Bertz CT molecular complexity index is 1150. The minimum atomic E-state index is -0.427. The molecule has 7 heteroatoms. The molecule has 0 fully saturated rings. The van der Waals surface area contributed by atoms with Gasteiger partial charge in [0.05, 0.1) is 10.9 Å². The summed E-state index contributed by atoms with van der Waals surface area (Å²) in [6, 6.07) is 16.7. The van der Waals surface area contributed by atoms with Crippen LogP contribution in [-0.4, -0.2) is 19.6 Å². The van der Waals surface area contributed by atoms with E-state index in [2.05, 4.69) is 15.1 Å². The van der Waals surface area contributed by atoms with E-state index in [9.17, 15) is 9.59 Å². The van der Waals surface area contributed by atoms with E-state index in [1.807, 2.05) is 30.3 Å². The van der Waals surface area contributed by atoms with Gasteiger partial charge in [0.25, 0.3) is 11.1 Å². The number of H-pyrrole nitrogens is 1. The highest BCUT2D eigenvalue weighted by atomic mass is 32.2. The van der Waals surface area contributed by atoms with Crippen molar-refractivity contribution in [2.24, 2.45) is 0 Å². The molecule has 2 aromatic carbocycles. The van der Waals surface area contributed by atoms with Gasteiger partial charge in [-0.1, -0.05) is 54.2 Å². The molecule has 0 aliphatic heterocycles. The van der Waals surface area contributed by atoms with Gasteiger partial charge in [0, 0.05) is 5.75 Å². The molecule has 24 heavy (non-hydrogen) atoms. The summed E-state index contributed by atoms with van der Waals surface area (Å²) in [6.07, 6.45) is 0. The molecule has 2 heterocycles. The number of hydrogen-bond acceptors (Lipinski definition) is 5. The first-order valence-corrected chi connectivity index (χ1v) is 8.30. The first kappa shape index (κ1) is 14.6. The predicted molar refractivity (Wildman–Crippen MR) is 93.4 cm³/mol. The molecular weight excluding hydrogens is 324 g/mol. The lowest BCUT2D eigenvalue weighted by molar-refractivity contribution is 0.750. The minimum Gasteiger partial charge on any atom is -0.297 e. The molecule has 2 aromatic heterocycles. The van der Waals surface area contributed by atoms with Crippen molar-refractivity contribution in [3.8, 4) is 0 Å². The fourth-order valence-corrected chi connectivity index (χ4v) is 3.22. The van der Waals surface area contributed by atoms with E-state index < -0.39 is 5.56 Å². The molecule has 6 nitrogen and oxygen atoms in total. The van der Waals surface area contributed by atoms with Gasteiger partial charge in [-0.05, 0) is 17.7 Å². The highest BCUT2D eigenvalue weighted by Gasteiger charge is 2.11. The molecule has 0 amide bonds. The second kappa shape index (κ2) is 5.93. The van der Waals surface area contributed by atoms with E-state index in [1.54, 1.807) is 24.3 Å². The molecule has 118 valence electrons. The Morgan fingerprint density at radius 1 is 1.00 bits per heavy atom. The lowest BCUT2D eigenvalue weighted by Gasteiger charge is -2.05. The Balaban J connectivity index is 1.81. The van der Waals surface area contributed by atoms with Crippen molar-refractivity contribution in [3.63, 3.8) is 0 Å². The fraction of sp³-hybridized carbons (Fsp3) is 0.0588. The van der Waals surface area contributed by atoms with Crippen LogP contribution in [0.1, 0.15) is 5.56 Å². The molecule has 0 saturated carbocycles. The van der Waals surface area contributed by atoms with E-state index in [1.165, 1.54) is 11.8 Å². The summed E-state index contributed by atoms with van der Waals surface area (Å²) in [6.45, 7) is 0.